The summed E-state index contributed by atoms with van der Waals surface area (Å²) in [4.78, 5) is 31.1. The summed E-state index contributed by atoms with van der Waals surface area (Å²) < 4.78 is 38.1. The largest absolute Gasteiger partial charge is 0.465 e. The van der Waals surface area contributed by atoms with E-state index < -0.39 is 17.8 Å². The van der Waals surface area contributed by atoms with Crippen molar-refractivity contribution in [3.63, 3.8) is 0 Å². The van der Waals surface area contributed by atoms with Gasteiger partial charge in [0.25, 0.3) is 0 Å². The van der Waals surface area contributed by atoms with Gasteiger partial charge in [-0.1, -0.05) is 44.2 Å². The topological polar surface area (TPSA) is 62.3 Å². The highest BCUT2D eigenvalue weighted by Crippen LogP contribution is 2.37. The normalized spacial score (nSPS) is 23.0. The maximum absolute atomic E-state index is 14.4. The number of hydrogen-bond acceptors (Lipinski definition) is 7. The van der Waals surface area contributed by atoms with Crippen LogP contribution in [0.25, 0.3) is 0 Å². The van der Waals surface area contributed by atoms with Gasteiger partial charge in [0, 0.05) is 55.2 Å². The van der Waals surface area contributed by atoms with E-state index in [0.29, 0.717) is 41.1 Å². The zero-order valence-corrected chi connectivity index (χ0v) is 33.5. The van der Waals surface area contributed by atoms with Crippen molar-refractivity contribution >= 4 is 23.3 Å². The van der Waals surface area contributed by atoms with Crippen LogP contribution in [-0.2, 0) is 16.0 Å². The quantitative estimate of drug-likeness (QED) is 0.192. The lowest BCUT2D eigenvalue weighted by atomic mass is 9.79. The Morgan fingerprint density at radius 2 is 1.09 bits per heavy atom. The maximum atomic E-state index is 14.4. The van der Waals surface area contributed by atoms with Gasteiger partial charge in [-0.05, 0) is 126 Å². The fourth-order valence-electron chi connectivity index (χ4n) is 8.93. The lowest BCUT2D eigenvalue weighted by Gasteiger charge is -2.47. The van der Waals surface area contributed by atoms with Gasteiger partial charge in [0.2, 0.25) is 0 Å². The van der Waals surface area contributed by atoms with Crippen molar-refractivity contribution < 1.29 is 27.8 Å². The molecular weight excluding hydrogens is 672 g/mol. The number of esters is 2. The van der Waals surface area contributed by atoms with Crippen molar-refractivity contribution in [2.45, 2.75) is 118 Å². The number of piperidine rings is 1. The Labute approximate surface area is 316 Å². The molecule has 5 rings (SSSR count). The average molecular weight is 734 g/mol. The first-order chi connectivity index (χ1) is 25.2. The van der Waals surface area contributed by atoms with Gasteiger partial charge in [-0.15, -0.1) is 0 Å². The average Bonchev–Trinajstić information content (AvgIpc) is 3.12. The molecule has 4 atom stereocenters. The molecule has 53 heavy (non-hydrogen) atoms. The summed E-state index contributed by atoms with van der Waals surface area (Å²) in [6, 6.07) is 17.7. The van der Waals surface area contributed by atoms with Gasteiger partial charge in [-0.25, -0.2) is 18.4 Å². The fraction of sp³-hybridized carbons (Fsp3) is 0.545. The van der Waals surface area contributed by atoms with Crippen LogP contribution in [0.4, 0.5) is 20.2 Å². The summed E-state index contributed by atoms with van der Waals surface area (Å²) in [7, 11) is 2.66. The smallest absolute Gasteiger partial charge is 0.338 e. The number of ether oxygens (including phenoxy) is 2. The molecule has 9 heteroatoms. The summed E-state index contributed by atoms with van der Waals surface area (Å²) >= 11 is 0. The molecule has 0 N–H and O–H groups in total. The van der Waals surface area contributed by atoms with Crippen molar-refractivity contribution in [2.24, 2.45) is 11.8 Å². The third-order valence-corrected chi connectivity index (χ3v) is 11.4. The van der Waals surface area contributed by atoms with E-state index in [1.165, 1.54) is 38.3 Å². The van der Waals surface area contributed by atoms with E-state index in [0.717, 1.165) is 67.8 Å². The molecule has 1 aliphatic carbocycles. The molecule has 0 amide bonds. The third kappa shape index (κ3) is 10.2. The number of rotatable bonds is 10. The standard InChI is InChI=1S/C25H33FN2O2.C19H28FNO2/c1-6-27(24-15-21(26)14-23(19(24)4)25(29)30-5)22-12-17(2)28(18(3)13-22)16-20-10-8-7-9-11-20;1-6-21(16-8-12(2)7-13(3)9-16)18-11-15(20)10-17(14(18)4)19(22)23-5/h7-11,14-15,17-18,22H,6,12-13,16H2,1-5H3;10-13,16H,6-9H2,1-5H3/t17-,18-;12-,13-/m10/s1. The minimum absolute atomic E-state index is 0.290. The first-order valence-electron chi connectivity index (χ1n) is 19.3. The van der Waals surface area contributed by atoms with E-state index in [4.69, 9.17) is 9.47 Å². The summed E-state index contributed by atoms with van der Waals surface area (Å²) in [5.74, 6) is -0.426. The van der Waals surface area contributed by atoms with Gasteiger partial charge in [0.05, 0.1) is 25.3 Å². The lowest BCUT2D eigenvalue weighted by Crippen LogP contribution is -2.53. The van der Waals surface area contributed by atoms with E-state index in [1.807, 2.05) is 19.9 Å². The van der Waals surface area contributed by atoms with E-state index in [9.17, 15) is 18.4 Å². The molecule has 3 aromatic rings. The number of benzene rings is 3. The zero-order chi connectivity index (χ0) is 39.0. The predicted molar refractivity (Wildman–Crippen MR) is 211 cm³/mol. The number of anilines is 2. The fourth-order valence-corrected chi connectivity index (χ4v) is 8.93. The number of carbonyl (C=O) groups excluding carboxylic acids is 2. The van der Waals surface area contributed by atoms with E-state index in [1.54, 1.807) is 12.1 Å². The minimum Gasteiger partial charge on any atom is -0.465 e. The van der Waals surface area contributed by atoms with Gasteiger partial charge in [0.1, 0.15) is 11.6 Å². The Kier molecular flexibility index (Phi) is 14.9. The molecule has 290 valence electrons. The van der Waals surface area contributed by atoms with Crippen molar-refractivity contribution in [3.05, 3.63) is 94.0 Å². The Morgan fingerprint density at radius 3 is 1.49 bits per heavy atom. The molecule has 0 bridgehead atoms. The summed E-state index contributed by atoms with van der Waals surface area (Å²) in [6.45, 7) is 19.6. The van der Waals surface area contributed by atoms with E-state index in [-0.39, 0.29) is 11.9 Å². The zero-order valence-electron chi connectivity index (χ0n) is 33.5. The van der Waals surface area contributed by atoms with Crippen LogP contribution in [-0.4, -0.2) is 68.3 Å². The van der Waals surface area contributed by atoms with Crippen LogP contribution < -0.4 is 9.80 Å². The maximum Gasteiger partial charge on any atom is 0.338 e. The third-order valence-electron chi connectivity index (χ3n) is 11.4. The summed E-state index contributed by atoms with van der Waals surface area (Å²) in [5, 5.41) is 0. The van der Waals surface area contributed by atoms with Gasteiger partial charge in [0.15, 0.2) is 0 Å². The summed E-state index contributed by atoms with van der Waals surface area (Å²) in [6.07, 6.45) is 5.47. The molecule has 1 heterocycles. The molecule has 0 aromatic heterocycles. The van der Waals surface area contributed by atoms with Crippen LogP contribution in [0.15, 0.2) is 54.6 Å². The number of halogens is 2. The molecule has 2 fully saturated rings. The van der Waals surface area contributed by atoms with Crippen LogP contribution >= 0.6 is 0 Å². The Hall–Kier alpha value is -3.98. The van der Waals surface area contributed by atoms with Crippen LogP contribution in [0, 0.1) is 37.3 Å². The highest BCUT2D eigenvalue weighted by Gasteiger charge is 2.35. The molecular formula is C44H61F2N3O4. The Bertz CT molecular complexity index is 1660. The van der Waals surface area contributed by atoms with Crippen LogP contribution in [0.5, 0.6) is 0 Å². The van der Waals surface area contributed by atoms with Crippen LogP contribution in [0.3, 0.4) is 0 Å². The SMILES string of the molecule is CCN(c1cc(F)cc(C(=O)OC)c1C)C1C[C@@H](C)C[C@H](C)C1.CCN(c1cc(F)cc(C(=O)OC)c1C)C1C[C@@H](C)N(Cc2ccccc2)[C@H](C)C1. The first kappa shape index (κ1) is 41.8. The molecule has 3 aromatic carbocycles. The van der Waals surface area contributed by atoms with Crippen LogP contribution in [0.1, 0.15) is 111 Å². The first-order valence-corrected chi connectivity index (χ1v) is 19.3. The number of carbonyl (C=O) groups is 2. The lowest BCUT2D eigenvalue weighted by molar-refractivity contribution is 0.0590. The van der Waals surface area contributed by atoms with Gasteiger partial charge in [-0.3, -0.25) is 4.90 Å². The van der Waals surface area contributed by atoms with Crippen molar-refractivity contribution in [1.29, 1.82) is 0 Å². The Morgan fingerprint density at radius 1 is 0.679 bits per heavy atom. The molecule has 2 aliphatic rings. The molecule has 1 aliphatic heterocycles. The number of nitrogens with zero attached hydrogens (tertiary/aromatic N) is 3. The highest BCUT2D eigenvalue weighted by molar-refractivity contribution is 5.93. The van der Waals surface area contributed by atoms with Crippen molar-refractivity contribution in [1.82, 2.24) is 4.90 Å². The predicted octanol–water partition coefficient (Wildman–Crippen LogP) is 9.76. The molecule has 1 saturated heterocycles. The second-order valence-electron chi connectivity index (χ2n) is 15.3. The van der Waals surface area contributed by atoms with E-state index >= 15 is 0 Å². The molecule has 1 saturated carbocycles. The molecule has 0 radical (unpaired) electrons. The van der Waals surface area contributed by atoms with Crippen LogP contribution in [0.2, 0.25) is 0 Å². The van der Waals surface area contributed by atoms with Gasteiger partial charge in [-0.2, -0.15) is 0 Å². The Balaban J connectivity index is 0.000000245. The van der Waals surface area contributed by atoms with Gasteiger partial charge < -0.3 is 19.3 Å². The second-order valence-corrected chi connectivity index (χ2v) is 15.3. The van der Waals surface area contributed by atoms with Crippen molar-refractivity contribution in [3.8, 4) is 0 Å². The van der Waals surface area contributed by atoms with E-state index in [2.05, 4.69) is 80.5 Å². The van der Waals surface area contributed by atoms with Gasteiger partial charge >= 0.3 is 11.9 Å². The second kappa shape index (κ2) is 18.9. The highest BCUT2D eigenvalue weighted by atomic mass is 19.1. The molecule has 0 spiro atoms. The monoisotopic (exact) mass is 733 g/mol. The number of likely N-dealkylation sites (tertiary alicyclic amines) is 1. The number of hydrogen-bond donors (Lipinski definition) is 0. The van der Waals surface area contributed by atoms with Crippen molar-refractivity contribution in [2.75, 3.05) is 37.1 Å². The molecule has 7 nitrogen and oxygen atoms in total. The molecule has 0 unspecified atom stereocenters. The minimum atomic E-state index is -0.497. The summed E-state index contributed by atoms with van der Waals surface area (Å²) in [5.41, 5.74) is 5.12. The number of methoxy groups -OCH3 is 2.